The zero-order valence-corrected chi connectivity index (χ0v) is 20.8. The molecule has 0 spiro atoms. The molecule has 2 N–H and O–H groups in total. The summed E-state index contributed by atoms with van der Waals surface area (Å²) in [5.74, 6) is 0.0459. The number of nitrogens with one attached hydrogen (secondary N) is 1. The lowest BCUT2D eigenvalue weighted by molar-refractivity contribution is -0.223. The van der Waals surface area contributed by atoms with Crippen molar-refractivity contribution in [2.24, 2.45) is 5.41 Å². The molecule has 2 saturated heterocycles. The molecule has 1 aromatic heterocycles. The van der Waals surface area contributed by atoms with Crippen molar-refractivity contribution in [1.29, 1.82) is 0 Å². The van der Waals surface area contributed by atoms with Crippen molar-refractivity contribution in [2.75, 3.05) is 69.5 Å². The summed E-state index contributed by atoms with van der Waals surface area (Å²) in [5, 5.41) is 11.5. The van der Waals surface area contributed by atoms with Gasteiger partial charge in [0.1, 0.15) is 30.3 Å². The number of carbonyl (C=O) groups excluding carboxylic acids is 1. The number of pyridine rings is 1. The zero-order valence-electron chi connectivity index (χ0n) is 20.8. The lowest BCUT2D eigenvalue weighted by Crippen LogP contribution is -2.44. The van der Waals surface area contributed by atoms with E-state index >= 15 is 0 Å². The van der Waals surface area contributed by atoms with Crippen LogP contribution in [-0.2, 0) is 4.74 Å². The fraction of sp³-hybridized carbons (Fsp3) is 0.520. The van der Waals surface area contributed by atoms with Gasteiger partial charge in [0.15, 0.2) is 0 Å². The Morgan fingerprint density at radius 3 is 2.58 bits per heavy atom. The molecule has 2 aromatic rings. The van der Waals surface area contributed by atoms with Gasteiger partial charge in [-0.05, 0) is 48.2 Å². The largest absolute Gasteiger partial charge is 0.475 e. The fourth-order valence-electron chi connectivity index (χ4n) is 4.56. The van der Waals surface area contributed by atoms with Crippen molar-refractivity contribution in [3.8, 4) is 17.0 Å². The number of nitrogens with zero attached hydrogens (tertiary/aromatic N) is 3. The Kier molecular flexibility index (Phi) is 8.26. The molecule has 0 aliphatic carbocycles. The van der Waals surface area contributed by atoms with Gasteiger partial charge in [0.2, 0.25) is 5.88 Å². The van der Waals surface area contributed by atoms with Crippen molar-refractivity contribution in [3.05, 3.63) is 35.6 Å². The smallest absolute Gasteiger partial charge is 0.398 e. The number of alkyl halides is 4. The number of ether oxygens (including phenoxy) is 2. The van der Waals surface area contributed by atoms with E-state index in [1.54, 1.807) is 19.1 Å². The van der Waals surface area contributed by atoms with Gasteiger partial charge >= 0.3 is 12.2 Å². The number of morpholine rings is 1. The topological polar surface area (TPSA) is 87.2 Å². The predicted octanol–water partition coefficient (Wildman–Crippen LogP) is 4.16. The fourth-order valence-corrected chi connectivity index (χ4v) is 4.56. The number of carbonyl (C=O) groups is 1. The van der Waals surface area contributed by atoms with Gasteiger partial charge in [-0.3, -0.25) is 4.39 Å². The Labute approximate surface area is 216 Å². The van der Waals surface area contributed by atoms with Gasteiger partial charge in [0.25, 0.3) is 0 Å². The molecule has 1 unspecified atom stereocenters. The van der Waals surface area contributed by atoms with E-state index in [4.69, 9.17) is 14.6 Å². The Balaban J connectivity index is 1.62. The molecule has 0 bridgehead atoms. The van der Waals surface area contributed by atoms with Crippen LogP contribution in [0, 0.1) is 18.2 Å². The second kappa shape index (κ2) is 11.3. The molecule has 2 aliphatic rings. The number of rotatable bonds is 7. The van der Waals surface area contributed by atoms with Gasteiger partial charge in [-0.15, -0.1) is 0 Å². The second-order valence-corrected chi connectivity index (χ2v) is 9.38. The number of likely N-dealkylation sites (tertiary alicyclic amines) is 1. The average molecular weight is 545 g/mol. The maximum atomic E-state index is 14.9. The van der Waals surface area contributed by atoms with E-state index in [1.165, 1.54) is 12.1 Å². The molecule has 1 atom stereocenters. The van der Waals surface area contributed by atoms with E-state index in [9.17, 15) is 26.7 Å². The second-order valence-electron chi connectivity index (χ2n) is 9.38. The van der Waals surface area contributed by atoms with Crippen LogP contribution in [0.2, 0.25) is 0 Å². The summed E-state index contributed by atoms with van der Waals surface area (Å²) in [6, 6.07) is 5.04. The monoisotopic (exact) mass is 544 g/mol. The standard InChI is InChI=1S/C25H29F5N4O4/c1-16-10-19(27)20(31-23(36)34-3-2-24(14-26,15-34)25(28,29)30)13-18(16)17-11-21(33-4-7-37-8-5-33)32-22(12-17)38-9-6-35/h10-13,35H,2-9,14-15H2,1H3,(H,31,36). The summed E-state index contributed by atoms with van der Waals surface area (Å²) < 4.78 is 79.4. The molecule has 208 valence electrons. The van der Waals surface area contributed by atoms with E-state index in [0.29, 0.717) is 48.8 Å². The molecule has 2 aliphatic heterocycles. The number of hydrogen-bond acceptors (Lipinski definition) is 6. The summed E-state index contributed by atoms with van der Waals surface area (Å²) in [6.45, 7) is 0.867. The average Bonchev–Trinajstić information content (AvgIpc) is 3.36. The van der Waals surface area contributed by atoms with Crippen LogP contribution < -0.4 is 15.0 Å². The first-order chi connectivity index (χ1) is 18.1. The van der Waals surface area contributed by atoms with Gasteiger partial charge in [-0.2, -0.15) is 18.2 Å². The van der Waals surface area contributed by atoms with Gasteiger partial charge in [-0.1, -0.05) is 0 Å². The van der Waals surface area contributed by atoms with Gasteiger partial charge in [0.05, 0.1) is 25.5 Å². The van der Waals surface area contributed by atoms with Gasteiger partial charge in [-0.25, -0.2) is 9.18 Å². The molecule has 13 heteroatoms. The first kappa shape index (κ1) is 27.8. The Morgan fingerprint density at radius 2 is 1.95 bits per heavy atom. The van der Waals surface area contributed by atoms with E-state index in [-0.39, 0.29) is 31.3 Å². The lowest BCUT2D eigenvalue weighted by Gasteiger charge is -2.29. The number of aliphatic hydroxyl groups excluding tert-OH is 1. The maximum Gasteiger partial charge on any atom is 0.398 e. The molecular weight excluding hydrogens is 515 g/mol. The molecule has 3 heterocycles. The Hall–Kier alpha value is -3.19. The highest BCUT2D eigenvalue weighted by atomic mass is 19.4. The number of benzene rings is 1. The van der Waals surface area contributed by atoms with E-state index in [2.05, 4.69) is 10.3 Å². The minimum Gasteiger partial charge on any atom is -0.475 e. The molecule has 0 radical (unpaired) electrons. The minimum atomic E-state index is -4.81. The van der Waals surface area contributed by atoms with Crippen LogP contribution in [0.5, 0.6) is 5.88 Å². The van der Waals surface area contributed by atoms with E-state index in [1.807, 2.05) is 4.90 Å². The molecule has 38 heavy (non-hydrogen) atoms. The number of aliphatic hydroxyl groups is 1. The first-order valence-electron chi connectivity index (χ1n) is 12.1. The Bertz CT molecular complexity index is 1160. The summed E-state index contributed by atoms with van der Waals surface area (Å²) in [5.41, 5.74) is -1.20. The number of anilines is 2. The quantitative estimate of drug-likeness (QED) is 0.510. The van der Waals surface area contributed by atoms with Crippen LogP contribution in [0.4, 0.5) is 38.3 Å². The normalized spacial score (nSPS) is 20.1. The van der Waals surface area contributed by atoms with E-state index in [0.717, 1.165) is 4.90 Å². The molecular formula is C25H29F5N4O4. The van der Waals surface area contributed by atoms with Crippen molar-refractivity contribution in [2.45, 2.75) is 19.5 Å². The number of urea groups is 1. The first-order valence-corrected chi connectivity index (χ1v) is 12.1. The summed E-state index contributed by atoms with van der Waals surface area (Å²) in [7, 11) is 0. The highest BCUT2D eigenvalue weighted by Crippen LogP contribution is 2.46. The van der Waals surface area contributed by atoms with Crippen LogP contribution >= 0.6 is 0 Å². The van der Waals surface area contributed by atoms with Gasteiger partial charge in [0, 0.05) is 32.2 Å². The van der Waals surface area contributed by atoms with Crippen LogP contribution in [-0.4, -0.2) is 86.5 Å². The maximum absolute atomic E-state index is 14.9. The third kappa shape index (κ3) is 5.78. The lowest BCUT2D eigenvalue weighted by atomic mass is 9.88. The van der Waals surface area contributed by atoms with Crippen molar-refractivity contribution in [1.82, 2.24) is 9.88 Å². The number of hydrogen-bond donors (Lipinski definition) is 2. The number of amides is 2. The SMILES string of the molecule is Cc1cc(F)c(NC(=O)N2CCC(CF)(C(F)(F)F)C2)cc1-c1cc(OCCO)nc(N2CCOCC2)c1. The van der Waals surface area contributed by atoms with Crippen molar-refractivity contribution >= 4 is 17.5 Å². The highest BCUT2D eigenvalue weighted by Gasteiger charge is 2.59. The Morgan fingerprint density at radius 1 is 1.21 bits per heavy atom. The highest BCUT2D eigenvalue weighted by molar-refractivity contribution is 5.91. The van der Waals surface area contributed by atoms with Crippen LogP contribution in [0.25, 0.3) is 11.1 Å². The van der Waals surface area contributed by atoms with Crippen LogP contribution in [0.1, 0.15) is 12.0 Å². The van der Waals surface area contributed by atoms with Crippen molar-refractivity contribution < 1.29 is 41.3 Å². The third-order valence-corrected chi connectivity index (χ3v) is 6.83. The van der Waals surface area contributed by atoms with E-state index < -0.39 is 43.1 Å². The predicted molar refractivity (Wildman–Crippen MR) is 130 cm³/mol. The molecule has 4 rings (SSSR count). The summed E-state index contributed by atoms with van der Waals surface area (Å²) >= 11 is 0. The zero-order chi connectivity index (χ0) is 27.5. The third-order valence-electron chi connectivity index (χ3n) is 6.83. The number of aromatic nitrogens is 1. The summed E-state index contributed by atoms with van der Waals surface area (Å²) in [4.78, 5) is 20.1. The molecule has 8 nitrogen and oxygen atoms in total. The molecule has 0 saturated carbocycles. The molecule has 2 amide bonds. The number of aryl methyl sites for hydroxylation is 1. The van der Waals surface area contributed by atoms with Crippen LogP contribution in [0.3, 0.4) is 0 Å². The van der Waals surface area contributed by atoms with Crippen molar-refractivity contribution in [3.63, 3.8) is 0 Å². The number of halogens is 5. The summed E-state index contributed by atoms with van der Waals surface area (Å²) in [6.07, 6.45) is -5.38. The minimum absolute atomic E-state index is 0.0108. The molecule has 1 aromatic carbocycles. The molecule has 2 fully saturated rings. The van der Waals surface area contributed by atoms with Gasteiger partial charge < -0.3 is 29.7 Å². The van der Waals surface area contributed by atoms with Crippen LogP contribution in [0.15, 0.2) is 24.3 Å².